The molecule has 0 saturated carbocycles. The van der Waals surface area contributed by atoms with E-state index in [9.17, 15) is 13.2 Å². The molecule has 5 nitrogen and oxygen atoms in total. The van der Waals surface area contributed by atoms with Crippen LogP contribution in [0.4, 0.5) is 0 Å². The molecule has 0 aliphatic carbocycles. The molecule has 1 aliphatic rings. The van der Waals surface area contributed by atoms with E-state index in [1.54, 1.807) is 12.1 Å². The molecule has 1 aromatic heterocycles. The first kappa shape index (κ1) is 16.5. The summed E-state index contributed by atoms with van der Waals surface area (Å²) >= 11 is 1.21. The number of thiophene rings is 1. The zero-order valence-electron chi connectivity index (χ0n) is 12.6. The van der Waals surface area contributed by atoms with Gasteiger partial charge in [-0.2, -0.15) is 0 Å². The van der Waals surface area contributed by atoms with E-state index in [-0.39, 0.29) is 17.4 Å². The van der Waals surface area contributed by atoms with Gasteiger partial charge in [0.05, 0.1) is 12.6 Å². The first-order valence-corrected chi connectivity index (χ1v) is 9.71. The summed E-state index contributed by atoms with van der Waals surface area (Å²) in [7, 11) is -3.17. The first-order valence-electron chi connectivity index (χ1n) is 7.00. The zero-order valence-corrected chi connectivity index (χ0v) is 14.2. The third kappa shape index (κ3) is 4.05. The first-order chi connectivity index (χ1) is 9.70. The normalized spacial score (nSPS) is 22.0. The van der Waals surface area contributed by atoms with Crippen LogP contribution in [0.25, 0.3) is 0 Å². The van der Waals surface area contributed by atoms with Gasteiger partial charge in [0.25, 0.3) is 0 Å². The van der Waals surface area contributed by atoms with Crippen molar-refractivity contribution in [3.63, 3.8) is 0 Å². The van der Waals surface area contributed by atoms with Crippen LogP contribution in [0, 0.1) is 5.41 Å². The van der Waals surface area contributed by atoms with Crippen LogP contribution in [-0.4, -0.2) is 33.2 Å². The van der Waals surface area contributed by atoms with Gasteiger partial charge in [0.2, 0.25) is 5.91 Å². The maximum atomic E-state index is 12.3. The van der Waals surface area contributed by atoms with E-state index in [2.05, 4.69) is 24.5 Å². The van der Waals surface area contributed by atoms with Gasteiger partial charge in [0.1, 0.15) is 4.21 Å². The highest BCUT2D eigenvalue weighted by Gasteiger charge is 2.36. The number of hydrogen-bond donors (Lipinski definition) is 2. The van der Waals surface area contributed by atoms with Gasteiger partial charge in [-0.05, 0) is 36.9 Å². The lowest BCUT2D eigenvalue weighted by Gasteiger charge is -2.38. The van der Waals surface area contributed by atoms with E-state index in [1.165, 1.54) is 17.6 Å². The van der Waals surface area contributed by atoms with Crippen molar-refractivity contribution in [1.82, 2.24) is 10.6 Å². The Hall–Kier alpha value is -0.920. The summed E-state index contributed by atoms with van der Waals surface area (Å²) in [5.74, 6) is -0.0194. The lowest BCUT2D eigenvalue weighted by molar-refractivity contribution is -0.126. The largest absolute Gasteiger partial charge is 0.350 e. The van der Waals surface area contributed by atoms with Crippen molar-refractivity contribution in [1.29, 1.82) is 0 Å². The predicted octanol–water partition coefficient (Wildman–Crippen LogP) is 1.55. The molecule has 1 atom stereocenters. The molecule has 1 aromatic rings. The van der Waals surface area contributed by atoms with Gasteiger partial charge < -0.3 is 10.6 Å². The Morgan fingerprint density at radius 2 is 2.19 bits per heavy atom. The number of rotatable bonds is 4. The Bertz CT molecular complexity index is 620. The summed E-state index contributed by atoms with van der Waals surface area (Å²) in [6, 6.07) is 3.14. The Balaban J connectivity index is 1.96. The number of sulfone groups is 1. The summed E-state index contributed by atoms with van der Waals surface area (Å²) in [5.41, 5.74) is -0.0598. The van der Waals surface area contributed by atoms with Crippen molar-refractivity contribution in [2.24, 2.45) is 5.41 Å². The van der Waals surface area contributed by atoms with Crippen LogP contribution >= 0.6 is 11.3 Å². The molecular weight excluding hydrogens is 308 g/mol. The molecule has 0 aromatic carbocycles. The second-order valence-corrected chi connectivity index (χ2v) is 9.60. The second-order valence-electron chi connectivity index (χ2n) is 6.19. The molecule has 1 saturated heterocycles. The molecule has 2 heterocycles. The Kier molecular flexibility index (Phi) is 4.75. The minimum absolute atomic E-state index is 0.0194. The lowest BCUT2D eigenvalue weighted by atomic mass is 9.77. The van der Waals surface area contributed by atoms with Crippen LogP contribution in [0.15, 0.2) is 16.3 Å². The summed E-state index contributed by atoms with van der Waals surface area (Å²) in [4.78, 5) is 13.1. The van der Waals surface area contributed by atoms with Gasteiger partial charge in [-0.15, -0.1) is 11.3 Å². The molecule has 21 heavy (non-hydrogen) atoms. The summed E-state index contributed by atoms with van der Waals surface area (Å²) in [6.07, 6.45) is 3.30. The molecule has 1 aliphatic heterocycles. The summed E-state index contributed by atoms with van der Waals surface area (Å²) in [5, 5.41) is 6.17. The second kappa shape index (κ2) is 6.06. The highest BCUT2D eigenvalue weighted by molar-refractivity contribution is 7.92. The maximum absolute atomic E-state index is 12.3. The van der Waals surface area contributed by atoms with Gasteiger partial charge >= 0.3 is 0 Å². The number of piperidine rings is 1. The van der Waals surface area contributed by atoms with Gasteiger partial charge in [-0.1, -0.05) is 13.8 Å². The summed E-state index contributed by atoms with van der Waals surface area (Å²) < 4.78 is 23.2. The molecule has 1 amide bonds. The van der Waals surface area contributed by atoms with E-state index in [4.69, 9.17) is 0 Å². The average molecular weight is 330 g/mol. The zero-order chi connectivity index (χ0) is 15.7. The molecule has 0 radical (unpaired) electrons. The highest BCUT2D eigenvalue weighted by atomic mass is 32.2. The van der Waals surface area contributed by atoms with Crippen LogP contribution in [-0.2, 0) is 21.2 Å². The molecule has 0 spiro atoms. The number of carbonyl (C=O) groups is 1. The molecule has 1 fully saturated rings. The van der Waals surface area contributed by atoms with Gasteiger partial charge in [0, 0.05) is 11.1 Å². The third-order valence-corrected chi connectivity index (χ3v) is 6.73. The van der Waals surface area contributed by atoms with Crippen LogP contribution in [0.3, 0.4) is 0 Å². The third-order valence-electron chi connectivity index (χ3n) is 3.83. The number of hydrogen-bond acceptors (Lipinski definition) is 5. The lowest BCUT2D eigenvalue weighted by Crippen LogP contribution is -2.55. The van der Waals surface area contributed by atoms with Crippen LogP contribution in [0.1, 0.15) is 31.6 Å². The van der Waals surface area contributed by atoms with Crippen LogP contribution in [0.5, 0.6) is 0 Å². The molecule has 0 bridgehead atoms. The predicted molar refractivity (Wildman–Crippen MR) is 84.1 cm³/mol. The smallest absolute Gasteiger partial charge is 0.237 e. The topological polar surface area (TPSA) is 75.3 Å². The summed E-state index contributed by atoms with van der Waals surface area (Å²) in [6.45, 7) is 5.42. The standard InChI is InChI=1S/C14H22N2O3S2/c1-14(2)7-4-8-15-12(14)13(17)16-9-10-5-6-11(20-10)21(3,18)19/h5-6,12,15H,4,7-9H2,1-3H3,(H,16,17). The fourth-order valence-corrected chi connectivity index (χ4v) is 4.50. The van der Waals surface area contributed by atoms with Crippen molar-refractivity contribution in [3.8, 4) is 0 Å². The molecule has 118 valence electrons. The molecule has 2 N–H and O–H groups in total. The minimum atomic E-state index is -3.17. The quantitative estimate of drug-likeness (QED) is 0.878. The monoisotopic (exact) mass is 330 g/mol. The number of amides is 1. The molecule has 1 unspecified atom stereocenters. The highest BCUT2D eigenvalue weighted by Crippen LogP contribution is 2.30. The van der Waals surface area contributed by atoms with E-state index < -0.39 is 9.84 Å². The molecular formula is C14H22N2O3S2. The Morgan fingerprint density at radius 1 is 1.48 bits per heavy atom. The van der Waals surface area contributed by atoms with E-state index >= 15 is 0 Å². The van der Waals surface area contributed by atoms with Crippen molar-refractivity contribution in [3.05, 3.63) is 17.0 Å². The van der Waals surface area contributed by atoms with Crippen LogP contribution in [0.2, 0.25) is 0 Å². The number of carbonyl (C=O) groups excluding carboxylic acids is 1. The average Bonchev–Trinajstić information content (AvgIpc) is 2.84. The minimum Gasteiger partial charge on any atom is -0.350 e. The fraction of sp³-hybridized carbons (Fsp3) is 0.643. The van der Waals surface area contributed by atoms with Crippen LogP contribution < -0.4 is 10.6 Å². The SMILES string of the molecule is CC1(C)CCCNC1C(=O)NCc1ccc(S(C)(=O)=O)s1. The van der Waals surface area contributed by atoms with Gasteiger partial charge in [-0.3, -0.25) is 4.79 Å². The van der Waals surface area contributed by atoms with Crippen molar-refractivity contribution in [2.45, 2.75) is 43.5 Å². The maximum Gasteiger partial charge on any atom is 0.237 e. The molecule has 7 heteroatoms. The Morgan fingerprint density at radius 3 is 2.76 bits per heavy atom. The van der Waals surface area contributed by atoms with E-state index in [0.717, 1.165) is 24.3 Å². The van der Waals surface area contributed by atoms with Crippen molar-refractivity contribution in [2.75, 3.05) is 12.8 Å². The van der Waals surface area contributed by atoms with E-state index in [1.807, 2.05) is 0 Å². The molecule has 2 rings (SSSR count). The van der Waals surface area contributed by atoms with Crippen molar-refractivity contribution < 1.29 is 13.2 Å². The fourth-order valence-electron chi connectivity index (χ4n) is 2.59. The van der Waals surface area contributed by atoms with Gasteiger partial charge in [-0.25, -0.2) is 8.42 Å². The van der Waals surface area contributed by atoms with E-state index in [0.29, 0.717) is 10.8 Å². The van der Waals surface area contributed by atoms with Gasteiger partial charge in [0.15, 0.2) is 9.84 Å². The van der Waals surface area contributed by atoms with Crippen molar-refractivity contribution >= 4 is 27.1 Å². The Labute approximate surface area is 130 Å². The number of nitrogens with one attached hydrogen (secondary N) is 2.